The summed E-state index contributed by atoms with van der Waals surface area (Å²) in [7, 11) is 2.18. The molecule has 6 heteroatoms. The molecule has 0 amide bonds. The molecule has 5 nitrogen and oxygen atoms in total. The standard InChI is InChI=1S/C31H35FN4O/c1-22-9-10-27(32)17-25(22)21-35-12-14-36(15-13-35)31(18-23-6-3-4-7-28(23)30(31)37)26-16-24(19-33-20-26)29-8-5-11-34(29)2/h3-4,6-7,9-10,16-17,19-20,29H,5,8,11-15,18,21H2,1-2H3. The van der Waals surface area contributed by atoms with Gasteiger partial charge in [0.15, 0.2) is 5.78 Å². The minimum absolute atomic E-state index is 0.187. The topological polar surface area (TPSA) is 39.7 Å². The van der Waals surface area contributed by atoms with E-state index < -0.39 is 5.54 Å². The number of likely N-dealkylation sites (tertiary alicyclic amines) is 1. The largest absolute Gasteiger partial charge is 0.299 e. The Hall–Kier alpha value is -2.93. The number of hydrogen-bond acceptors (Lipinski definition) is 5. The van der Waals surface area contributed by atoms with Crippen LogP contribution in [-0.2, 0) is 18.5 Å². The van der Waals surface area contributed by atoms with E-state index in [1.165, 1.54) is 18.1 Å². The van der Waals surface area contributed by atoms with E-state index in [-0.39, 0.29) is 11.6 Å². The van der Waals surface area contributed by atoms with E-state index in [4.69, 9.17) is 0 Å². The first kappa shape index (κ1) is 24.4. The Balaban J connectivity index is 1.31. The van der Waals surface area contributed by atoms with Gasteiger partial charge in [-0.3, -0.25) is 24.5 Å². The second kappa shape index (κ2) is 9.75. The molecule has 2 saturated heterocycles. The lowest BCUT2D eigenvalue weighted by Gasteiger charge is -2.45. The molecule has 1 aromatic heterocycles. The zero-order chi connectivity index (χ0) is 25.6. The van der Waals surface area contributed by atoms with Crippen LogP contribution in [0.3, 0.4) is 0 Å². The highest BCUT2D eigenvalue weighted by Gasteiger charge is 2.52. The van der Waals surface area contributed by atoms with Gasteiger partial charge in [-0.1, -0.05) is 30.3 Å². The Kier molecular flexibility index (Phi) is 6.43. The molecule has 3 aromatic rings. The average Bonchev–Trinajstić information content (AvgIpc) is 3.48. The quantitative estimate of drug-likeness (QED) is 0.508. The summed E-state index contributed by atoms with van der Waals surface area (Å²) >= 11 is 0. The van der Waals surface area contributed by atoms with E-state index in [1.54, 1.807) is 6.07 Å². The molecule has 2 aliphatic heterocycles. The Labute approximate surface area is 218 Å². The predicted molar refractivity (Wildman–Crippen MR) is 143 cm³/mol. The maximum atomic E-state index is 14.2. The fourth-order valence-corrected chi connectivity index (χ4v) is 6.68. The number of piperazine rings is 1. The van der Waals surface area contributed by atoms with E-state index >= 15 is 0 Å². The molecule has 0 N–H and O–H groups in total. The number of ketones is 1. The maximum absolute atomic E-state index is 14.2. The summed E-state index contributed by atoms with van der Waals surface area (Å²) in [5.41, 5.74) is 5.59. The fourth-order valence-electron chi connectivity index (χ4n) is 6.68. The van der Waals surface area contributed by atoms with Crippen molar-refractivity contribution in [2.75, 3.05) is 39.8 Å². The monoisotopic (exact) mass is 498 g/mol. The van der Waals surface area contributed by atoms with Gasteiger partial charge >= 0.3 is 0 Å². The first-order valence-corrected chi connectivity index (χ1v) is 13.5. The number of carbonyl (C=O) groups excluding carboxylic acids is 1. The van der Waals surface area contributed by atoms with Gasteiger partial charge in [-0.15, -0.1) is 0 Å². The Bertz CT molecular complexity index is 1320. The minimum Gasteiger partial charge on any atom is -0.299 e. The Morgan fingerprint density at radius 1 is 1.03 bits per heavy atom. The molecule has 0 saturated carbocycles. The number of Topliss-reactive ketones (excluding diaryl/α,β-unsaturated/α-hetero) is 1. The van der Waals surface area contributed by atoms with Crippen molar-refractivity contribution < 1.29 is 9.18 Å². The SMILES string of the molecule is Cc1ccc(F)cc1CN1CCN(C2(c3cncc(C4CCCN4C)c3)Cc3ccccc3C2=O)CC1. The summed E-state index contributed by atoms with van der Waals surface area (Å²) in [5, 5.41) is 0. The van der Waals surface area contributed by atoms with Crippen molar-refractivity contribution in [2.45, 2.75) is 44.3 Å². The molecular weight excluding hydrogens is 463 g/mol. The Morgan fingerprint density at radius 2 is 1.84 bits per heavy atom. The first-order chi connectivity index (χ1) is 18.0. The molecule has 2 aromatic carbocycles. The third-order valence-electron chi connectivity index (χ3n) is 8.84. The third kappa shape index (κ3) is 4.31. The van der Waals surface area contributed by atoms with E-state index in [0.717, 1.165) is 73.5 Å². The highest BCUT2D eigenvalue weighted by molar-refractivity contribution is 6.08. The van der Waals surface area contributed by atoms with Gasteiger partial charge in [0.1, 0.15) is 11.4 Å². The number of benzene rings is 2. The van der Waals surface area contributed by atoms with E-state index in [0.29, 0.717) is 12.5 Å². The molecule has 3 aliphatic rings. The van der Waals surface area contributed by atoms with Crippen LogP contribution in [0.4, 0.5) is 4.39 Å². The summed E-state index contributed by atoms with van der Waals surface area (Å²) in [5.74, 6) is 0.00375. The van der Waals surface area contributed by atoms with E-state index in [1.807, 2.05) is 43.6 Å². The van der Waals surface area contributed by atoms with Crippen molar-refractivity contribution in [2.24, 2.45) is 0 Å². The highest BCUT2D eigenvalue weighted by Crippen LogP contribution is 2.44. The lowest BCUT2D eigenvalue weighted by Crippen LogP contribution is -2.58. The second-order valence-electron chi connectivity index (χ2n) is 11.0. The van der Waals surface area contributed by atoms with E-state index in [9.17, 15) is 9.18 Å². The van der Waals surface area contributed by atoms with E-state index in [2.05, 4.69) is 38.9 Å². The molecule has 6 rings (SSSR count). The molecule has 1 aliphatic carbocycles. The van der Waals surface area contributed by atoms with Crippen LogP contribution in [-0.4, -0.2) is 65.2 Å². The van der Waals surface area contributed by atoms with Crippen LogP contribution in [0.2, 0.25) is 0 Å². The zero-order valence-corrected chi connectivity index (χ0v) is 21.8. The number of aromatic nitrogens is 1. The molecule has 0 bridgehead atoms. The molecule has 0 spiro atoms. The van der Waals surface area contributed by atoms with Crippen LogP contribution in [0.5, 0.6) is 0 Å². The van der Waals surface area contributed by atoms with Gasteiger partial charge in [0.25, 0.3) is 0 Å². The van der Waals surface area contributed by atoms with Crippen molar-refractivity contribution in [1.82, 2.24) is 19.7 Å². The van der Waals surface area contributed by atoms with Crippen LogP contribution >= 0.6 is 0 Å². The van der Waals surface area contributed by atoms with Gasteiger partial charge in [-0.25, -0.2) is 4.39 Å². The van der Waals surface area contributed by atoms with Crippen LogP contribution in [0.1, 0.15) is 57.1 Å². The number of fused-ring (bicyclic) bond motifs is 1. The van der Waals surface area contributed by atoms with Crippen molar-refractivity contribution in [3.63, 3.8) is 0 Å². The molecule has 2 atom stereocenters. The highest BCUT2D eigenvalue weighted by atomic mass is 19.1. The van der Waals surface area contributed by atoms with Crippen LogP contribution in [0.25, 0.3) is 0 Å². The number of pyridine rings is 1. The van der Waals surface area contributed by atoms with Crippen LogP contribution < -0.4 is 0 Å². The van der Waals surface area contributed by atoms with Crippen LogP contribution in [0.15, 0.2) is 60.9 Å². The molecule has 37 heavy (non-hydrogen) atoms. The maximum Gasteiger partial charge on any atom is 0.188 e. The van der Waals surface area contributed by atoms with Crippen molar-refractivity contribution >= 4 is 5.78 Å². The summed E-state index contributed by atoms with van der Waals surface area (Å²) in [6, 6.07) is 15.7. The molecular formula is C31H35FN4O. The smallest absolute Gasteiger partial charge is 0.188 e. The fraction of sp³-hybridized carbons (Fsp3) is 0.419. The number of nitrogens with zero attached hydrogens (tertiary/aromatic N) is 4. The minimum atomic E-state index is -0.731. The summed E-state index contributed by atoms with van der Waals surface area (Å²) < 4.78 is 13.9. The average molecular weight is 499 g/mol. The van der Waals surface area contributed by atoms with Gasteiger partial charge < -0.3 is 0 Å². The molecule has 3 heterocycles. The van der Waals surface area contributed by atoms with Crippen molar-refractivity contribution in [3.05, 3.63) is 100 Å². The number of halogens is 1. The molecule has 2 unspecified atom stereocenters. The lowest BCUT2D eigenvalue weighted by molar-refractivity contribution is 0.0286. The second-order valence-corrected chi connectivity index (χ2v) is 11.0. The molecule has 2 fully saturated rings. The molecule has 0 radical (unpaired) electrons. The van der Waals surface area contributed by atoms with Gasteiger partial charge in [0, 0.05) is 63.1 Å². The Morgan fingerprint density at radius 3 is 2.59 bits per heavy atom. The molecule has 192 valence electrons. The number of rotatable bonds is 5. The summed E-state index contributed by atoms with van der Waals surface area (Å²) in [6.07, 6.45) is 6.89. The van der Waals surface area contributed by atoms with Gasteiger partial charge in [-0.05, 0) is 79.4 Å². The van der Waals surface area contributed by atoms with Crippen LogP contribution in [0, 0.1) is 12.7 Å². The number of hydrogen-bond donors (Lipinski definition) is 0. The first-order valence-electron chi connectivity index (χ1n) is 13.5. The van der Waals surface area contributed by atoms with Gasteiger partial charge in [0.2, 0.25) is 0 Å². The lowest BCUT2D eigenvalue weighted by atomic mass is 9.83. The van der Waals surface area contributed by atoms with Crippen molar-refractivity contribution in [1.29, 1.82) is 0 Å². The summed E-state index contributed by atoms with van der Waals surface area (Å²) in [6.45, 7) is 7.08. The third-order valence-corrected chi connectivity index (χ3v) is 8.84. The normalized spacial score (nSPS) is 25.1. The van der Waals surface area contributed by atoms with Crippen molar-refractivity contribution in [3.8, 4) is 0 Å². The summed E-state index contributed by atoms with van der Waals surface area (Å²) in [4.78, 5) is 26.1. The van der Waals surface area contributed by atoms with Gasteiger partial charge in [-0.2, -0.15) is 0 Å². The van der Waals surface area contributed by atoms with Gasteiger partial charge in [0.05, 0.1) is 0 Å². The zero-order valence-electron chi connectivity index (χ0n) is 21.8. The predicted octanol–water partition coefficient (Wildman–Crippen LogP) is 4.75. The number of carbonyl (C=O) groups is 1. The number of aryl methyl sites for hydroxylation is 1.